The van der Waals surface area contributed by atoms with Gasteiger partial charge >= 0.3 is 11.9 Å². The van der Waals surface area contributed by atoms with Gasteiger partial charge in [-0.2, -0.15) is 5.26 Å². The Balaban J connectivity index is 1.13. The number of halogens is 1. The fourth-order valence-corrected chi connectivity index (χ4v) is 7.55. The van der Waals surface area contributed by atoms with Gasteiger partial charge in [-0.3, -0.25) is 19.4 Å². The van der Waals surface area contributed by atoms with Crippen molar-refractivity contribution < 1.29 is 37.8 Å². The number of imidazole rings is 1. The van der Waals surface area contributed by atoms with E-state index in [4.69, 9.17) is 54.0 Å². The van der Waals surface area contributed by atoms with Crippen LogP contribution in [0.5, 0.6) is 5.75 Å². The van der Waals surface area contributed by atoms with Gasteiger partial charge in [-0.05, 0) is 48.9 Å². The Bertz CT molecular complexity index is 2710. The summed E-state index contributed by atoms with van der Waals surface area (Å²) in [4.78, 5) is 75.6. The first kappa shape index (κ1) is 49.1. The number of Topliss-reactive ketones (excluding diaryl/α,β-unsaturated/α-hetero) is 1. The quantitative estimate of drug-likeness (QED) is 0.0318. The second kappa shape index (κ2) is 23.2. The number of benzene rings is 2. The van der Waals surface area contributed by atoms with Crippen molar-refractivity contribution in [1.29, 1.82) is 5.26 Å². The number of ether oxygens (including phenoxy) is 3. The van der Waals surface area contributed by atoms with Crippen molar-refractivity contribution in [2.45, 2.75) is 74.5 Å². The Morgan fingerprint density at radius 2 is 1.78 bits per heavy atom. The van der Waals surface area contributed by atoms with Crippen molar-refractivity contribution in [3.05, 3.63) is 112 Å². The molecule has 8 N–H and O–H groups in total. The molecule has 5 atom stereocenters. The standard InChI is InChI=1S/C46H46ClN11O8S/c1-25(15-38(59)36(49)16-30-5-4-14-54-30)45(61)65-22-34(66-46(62)26(2)56-42(60)37(50)17-31-19-53-24-55-31)21-63-33-12-8-27(9-13-33)39-35(18-48)44(58-41(51)40(39)52-3)67-23-32-20-64-43(57-32)28-6-10-29(47)11-7-28/h5-14,19-20,24-26,34,36-37H,4,15-17,21-23,49-50H2,1-2H3,(H2,51,58)(H,53,55)(H,56,60)/t25-,26+,34+,36+,37+/m1/s1. The lowest BCUT2D eigenvalue weighted by Gasteiger charge is -2.22. The molecule has 6 rings (SSSR count). The van der Waals surface area contributed by atoms with E-state index >= 15 is 0 Å². The first-order valence-electron chi connectivity index (χ1n) is 20.8. The summed E-state index contributed by atoms with van der Waals surface area (Å²) in [7, 11) is 0. The number of pyridine rings is 1. The molecule has 21 heteroatoms. The van der Waals surface area contributed by atoms with Gasteiger partial charge in [-0.25, -0.2) is 24.6 Å². The highest BCUT2D eigenvalue weighted by atomic mass is 35.5. The average molecular weight is 948 g/mol. The number of aromatic amines is 1. The van der Waals surface area contributed by atoms with Crippen molar-refractivity contribution >= 4 is 64.7 Å². The molecule has 0 saturated heterocycles. The number of nitrogens with two attached hydrogens (primary N) is 3. The van der Waals surface area contributed by atoms with Crippen molar-refractivity contribution in [2.24, 2.45) is 22.4 Å². The molecule has 0 aliphatic carbocycles. The summed E-state index contributed by atoms with van der Waals surface area (Å²) in [6.45, 7) is 10.0. The molecule has 0 bridgehead atoms. The summed E-state index contributed by atoms with van der Waals surface area (Å²) < 4.78 is 22.8. The summed E-state index contributed by atoms with van der Waals surface area (Å²) in [5, 5.41) is 13.8. The fraction of sp³-hybridized carbons (Fsp3) is 0.304. The number of nitrogens with one attached hydrogen (secondary N) is 2. The van der Waals surface area contributed by atoms with Gasteiger partial charge in [0, 0.05) is 71.4 Å². The van der Waals surface area contributed by atoms with Crippen LogP contribution < -0.4 is 27.3 Å². The largest absolute Gasteiger partial charge is 0.490 e. The Kier molecular flexibility index (Phi) is 17.0. The first-order chi connectivity index (χ1) is 32.2. The van der Waals surface area contributed by atoms with Gasteiger partial charge in [0.1, 0.15) is 48.2 Å². The number of anilines is 1. The summed E-state index contributed by atoms with van der Waals surface area (Å²) in [6, 6.07) is 12.5. The summed E-state index contributed by atoms with van der Waals surface area (Å²) >= 11 is 7.21. The maximum atomic E-state index is 13.3. The van der Waals surface area contributed by atoms with Crippen LogP contribution in [0, 0.1) is 23.8 Å². The number of nitrogens with zero attached hydrogens (tertiary/aromatic N) is 6. The fourth-order valence-electron chi connectivity index (χ4n) is 6.55. The van der Waals surface area contributed by atoms with E-state index in [1.54, 1.807) is 54.7 Å². The second-order valence-corrected chi connectivity index (χ2v) is 16.7. The van der Waals surface area contributed by atoms with Gasteiger partial charge in [-0.15, -0.1) is 0 Å². The number of hydrogen-bond donors (Lipinski definition) is 5. The Hall–Kier alpha value is -7.36. The number of esters is 2. The molecule has 1 aliphatic heterocycles. The molecular formula is C46H46ClN11O8S. The number of aliphatic imine (C=N–C) groups is 1. The zero-order valence-corrected chi connectivity index (χ0v) is 37.9. The monoisotopic (exact) mass is 947 g/mol. The minimum atomic E-state index is -1.20. The molecule has 19 nitrogen and oxygen atoms in total. The highest BCUT2D eigenvalue weighted by molar-refractivity contribution is 7.98. The molecule has 346 valence electrons. The third kappa shape index (κ3) is 13.4. The number of thioether (sulfide) groups is 1. The van der Waals surface area contributed by atoms with Gasteiger partial charge < -0.3 is 46.1 Å². The van der Waals surface area contributed by atoms with Crippen LogP contribution in [-0.4, -0.2) is 87.2 Å². The Labute approximate surface area is 394 Å². The van der Waals surface area contributed by atoms with E-state index in [9.17, 15) is 24.4 Å². The number of nitrogen functional groups attached to an aromatic ring is 1. The molecule has 67 heavy (non-hydrogen) atoms. The van der Waals surface area contributed by atoms with Crippen LogP contribution in [0.4, 0.5) is 11.5 Å². The van der Waals surface area contributed by atoms with Gasteiger partial charge in [0.25, 0.3) is 0 Å². The number of carbonyl (C=O) groups is 4. The van der Waals surface area contributed by atoms with Crippen LogP contribution in [0.25, 0.3) is 27.4 Å². The Morgan fingerprint density at radius 3 is 2.45 bits per heavy atom. The number of ketones is 1. The molecule has 0 radical (unpaired) electrons. The molecule has 0 fully saturated rings. The van der Waals surface area contributed by atoms with Crippen molar-refractivity contribution in [3.63, 3.8) is 0 Å². The number of amides is 1. The molecule has 0 saturated carbocycles. The number of carbonyl (C=O) groups excluding carboxylic acids is 4. The van der Waals surface area contributed by atoms with E-state index in [0.29, 0.717) is 40.0 Å². The lowest BCUT2D eigenvalue weighted by molar-refractivity contribution is -0.164. The molecule has 5 aromatic rings. The van der Waals surface area contributed by atoms with Crippen LogP contribution in [0.15, 0.2) is 93.5 Å². The lowest BCUT2D eigenvalue weighted by atomic mass is 9.98. The number of H-pyrrole nitrogens is 1. The molecule has 2 aromatic carbocycles. The van der Waals surface area contributed by atoms with E-state index in [-0.39, 0.29) is 70.8 Å². The van der Waals surface area contributed by atoms with Crippen molar-refractivity contribution in [3.8, 4) is 34.4 Å². The maximum absolute atomic E-state index is 13.3. The zero-order chi connectivity index (χ0) is 48.0. The van der Waals surface area contributed by atoms with Crippen molar-refractivity contribution in [2.75, 3.05) is 18.9 Å². The normalized spacial score (nSPS) is 14.1. The van der Waals surface area contributed by atoms with Crippen LogP contribution in [0.1, 0.15) is 50.1 Å². The van der Waals surface area contributed by atoms with Crippen LogP contribution in [-0.2, 0) is 40.8 Å². The molecule has 1 aliphatic rings. The summed E-state index contributed by atoms with van der Waals surface area (Å²) in [5.41, 5.74) is 21.9. The SMILES string of the molecule is [C-]#[N+]c1c(N)nc(SCc2coc(-c3ccc(Cl)cc3)n2)c(C#N)c1-c1ccc(OC[C@@H](COC(=O)[C@H](C)CC(=O)[C@@H](N)CC2=CCC=N2)OC(=O)[C@H](C)NC(=O)[C@@H](N)Cc2cnc[nH]2)cc1. The average Bonchev–Trinajstić information content (AvgIpc) is 4.14. The van der Waals surface area contributed by atoms with Crippen LogP contribution in [0.3, 0.4) is 0 Å². The highest BCUT2D eigenvalue weighted by Gasteiger charge is 2.28. The molecular weight excluding hydrogens is 902 g/mol. The predicted molar refractivity (Wildman–Crippen MR) is 248 cm³/mol. The van der Waals surface area contributed by atoms with Gasteiger partial charge in [0.05, 0.1) is 42.2 Å². The smallest absolute Gasteiger partial charge is 0.328 e. The predicted octanol–water partition coefficient (Wildman–Crippen LogP) is 5.66. The minimum Gasteiger partial charge on any atom is -0.490 e. The Morgan fingerprint density at radius 1 is 1.03 bits per heavy atom. The molecule has 3 aromatic heterocycles. The van der Waals surface area contributed by atoms with E-state index in [2.05, 4.69) is 41.2 Å². The van der Waals surface area contributed by atoms with E-state index in [0.717, 1.165) is 5.56 Å². The zero-order valence-electron chi connectivity index (χ0n) is 36.3. The third-order valence-electron chi connectivity index (χ3n) is 10.2. The summed E-state index contributed by atoms with van der Waals surface area (Å²) in [5.74, 6) is -2.59. The number of allylic oxidation sites excluding steroid dienone is 1. The second-order valence-electron chi connectivity index (χ2n) is 15.3. The molecule has 4 heterocycles. The summed E-state index contributed by atoms with van der Waals surface area (Å²) in [6.07, 6.45) is 7.73. The van der Waals surface area contributed by atoms with Gasteiger partial charge in [0.2, 0.25) is 17.5 Å². The maximum Gasteiger partial charge on any atom is 0.328 e. The number of nitriles is 1. The lowest BCUT2D eigenvalue weighted by Crippen LogP contribution is -2.49. The van der Waals surface area contributed by atoms with Crippen LogP contribution in [0.2, 0.25) is 5.02 Å². The number of rotatable bonds is 22. The topological polar surface area (TPSA) is 294 Å². The first-order valence-corrected chi connectivity index (χ1v) is 22.2. The highest BCUT2D eigenvalue weighted by Crippen LogP contribution is 2.42. The van der Waals surface area contributed by atoms with E-state index in [1.807, 2.05) is 6.08 Å². The molecule has 1 amide bonds. The van der Waals surface area contributed by atoms with Crippen molar-refractivity contribution in [1.82, 2.24) is 25.3 Å². The number of aromatic nitrogens is 4. The molecule has 0 spiro atoms. The van der Waals surface area contributed by atoms with Gasteiger partial charge in [0.15, 0.2) is 11.9 Å². The number of hydrogen-bond acceptors (Lipinski definition) is 17. The van der Waals surface area contributed by atoms with Gasteiger partial charge in [-0.1, -0.05) is 48.5 Å². The molecule has 0 unspecified atom stereocenters. The minimum absolute atomic E-state index is 0.0171. The third-order valence-corrected chi connectivity index (χ3v) is 11.4. The van der Waals surface area contributed by atoms with Crippen LogP contribution >= 0.6 is 23.4 Å². The van der Waals surface area contributed by atoms with E-state index < -0.39 is 54.6 Å². The van der Waals surface area contributed by atoms with E-state index in [1.165, 1.54) is 44.4 Å². The number of oxazole rings is 1.